The van der Waals surface area contributed by atoms with Crippen LogP contribution in [0.2, 0.25) is 0 Å². The van der Waals surface area contributed by atoms with Crippen molar-refractivity contribution in [1.82, 2.24) is 0 Å². The third-order valence-electron chi connectivity index (χ3n) is 3.42. The molecule has 0 aromatic heterocycles. The minimum absolute atomic E-state index is 0.223. The van der Waals surface area contributed by atoms with Gasteiger partial charge in [-0.05, 0) is 37.4 Å². The van der Waals surface area contributed by atoms with Gasteiger partial charge >= 0.3 is 0 Å². The number of hydrogen-bond donors (Lipinski definition) is 1. The van der Waals surface area contributed by atoms with Crippen molar-refractivity contribution in [2.75, 3.05) is 24.5 Å². The SMILES string of the molecule is CCCC(C)(CN)CN(CC)c1ccccc1. The van der Waals surface area contributed by atoms with Crippen LogP contribution in [-0.2, 0) is 0 Å². The van der Waals surface area contributed by atoms with E-state index in [-0.39, 0.29) is 5.41 Å². The van der Waals surface area contributed by atoms with Gasteiger partial charge in [-0.2, -0.15) is 0 Å². The molecule has 96 valence electrons. The molecule has 0 bridgehead atoms. The molecule has 1 aromatic rings. The highest BCUT2D eigenvalue weighted by Gasteiger charge is 2.24. The van der Waals surface area contributed by atoms with Gasteiger partial charge in [0.25, 0.3) is 0 Å². The van der Waals surface area contributed by atoms with E-state index < -0.39 is 0 Å². The highest BCUT2D eigenvalue weighted by molar-refractivity contribution is 5.46. The number of nitrogens with zero attached hydrogens (tertiary/aromatic N) is 1. The summed E-state index contributed by atoms with van der Waals surface area (Å²) in [6.07, 6.45) is 2.38. The molecule has 17 heavy (non-hydrogen) atoms. The Morgan fingerprint density at radius 3 is 2.29 bits per heavy atom. The molecule has 0 saturated carbocycles. The Balaban J connectivity index is 2.75. The maximum atomic E-state index is 5.95. The van der Waals surface area contributed by atoms with Crippen LogP contribution in [0, 0.1) is 5.41 Å². The molecule has 1 unspecified atom stereocenters. The van der Waals surface area contributed by atoms with Gasteiger partial charge in [-0.15, -0.1) is 0 Å². The second-order valence-corrected chi connectivity index (χ2v) is 5.11. The second kappa shape index (κ2) is 6.65. The molecule has 0 aliphatic heterocycles. The van der Waals surface area contributed by atoms with E-state index in [4.69, 9.17) is 5.73 Å². The van der Waals surface area contributed by atoms with E-state index in [0.29, 0.717) is 0 Å². The fourth-order valence-corrected chi connectivity index (χ4v) is 2.33. The maximum Gasteiger partial charge on any atom is 0.0366 e. The van der Waals surface area contributed by atoms with E-state index in [2.05, 4.69) is 56.0 Å². The van der Waals surface area contributed by atoms with Crippen LogP contribution in [0.5, 0.6) is 0 Å². The summed E-state index contributed by atoms with van der Waals surface area (Å²) in [7, 11) is 0. The number of benzene rings is 1. The van der Waals surface area contributed by atoms with Crippen molar-refractivity contribution in [2.45, 2.75) is 33.6 Å². The van der Waals surface area contributed by atoms with Crippen molar-refractivity contribution >= 4 is 5.69 Å². The molecule has 2 nitrogen and oxygen atoms in total. The van der Waals surface area contributed by atoms with Gasteiger partial charge in [0.05, 0.1) is 0 Å². The Bertz CT molecular complexity index is 310. The lowest BCUT2D eigenvalue weighted by Gasteiger charge is -2.35. The van der Waals surface area contributed by atoms with Crippen LogP contribution in [0.25, 0.3) is 0 Å². The molecule has 2 N–H and O–H groups in total. The third-order valence-corrected chi connectivity index (χ3v) is 3.42. The molecule has 0 aliphatic rings. The number of rotatable bonds is 7. The Morgan fingerprint density at radius 2 is 1.82 bits per heavy atom. The van der Waals surface area contributed by atoms with Gasteiger partial charge in [-0.1, -0.05) is 38.5 Å². The molecule has 0 heterocycles. The van der Waals surface area contributed by atoms with Crippen molar-refractivity contribution in [3.63, 3.8) is 0 Å². The standard InChI is InChI=1S/C15H26N2/c1-4-11-15(3,12-16)13-17(5-2)14-9-7-6-8-10-14/h6-10H,4-5,11-13,16H2,1-3H3. The van der Waals surface area contributed by atoms with Crippen molar-refractivity contribution < 1.29 is 0 Å². The number of hydrogen-bond acceptors (Lipinski definition) is 2. The predicted octanol–water partition coefficient (Wildman–Crippen LogP) is 3.28. The molecule has 0 fully saturated rings. The number of nitrogens with two attached hydrogens (primary N) is 1. The molecule has 1 rings (SSSR count). The maximum absolute atomic E-state index is 5.95. The Labute approximate surface area is 106 Å². The zero-order valence-corrected chi connectivity index (χ0v) is 11.4. The number of para-hydroxylation sites is 1. The highest BCUT2D eigenvalue weighted by atomic mass is 15.1. The molecular weight excluding hydrogens is 208 g/mol. The van der Waals surface area contributed by atoms with Crippen molar-refractivity contribution in [3.8, 4) is 0 Å². The summed E-state index contributed by atoms with van der Waals surface area (Å²) < 4.78 is 0. The van der Waals surface area contributed by atoms with Crippen LogP contribution in [0.1, 0.15) is 33.6 Å². The van der Waals surface area contributed by atoms with E-state index in [1.54, 1.807) is 0 Å². The largest absolute Gasteiger partial charge is 0.371 e. The van der Waals surface area contributed by atoms with E-state index in [1.807, 2.05) is 0 Å². The molecule has 2 heteroatoms. The lowest BCUT2D eigenvalue weighted by Crippen LogP contribution is -2.40. The topological polar surface area (TPSA) is 29.3 Å². The molecule has 1 aromatic carbocycles. The van der Waals surface area contributed by atoms with Crippen LogP contribution in [0.3, 0.4) is 0 Å². The first kappa shape index (κ1) is 14.0. The Kier molecular flexibility index (Phi) is 5.49. The quantitative estimate of drug-likeness (QED) is 0.784. The van der Waals surface area contributed by atoms with E-state index >= 15 is 0 Å². The van der Waals surface area contributed by atoms with E-state index in [0.717, 1.165) is 19.6 Å². The summed E-state index contributed by atoms with van der Waals surface area (Å²) >= 11 is 0. The van der Waals surface area contributed by atoms with Crippen molar-refractivity contribution in [2.24, 2.45) is 11.1 Å². The summed E-state index contributed by atoms with van der Waals surface area (Å²) in [4.78, 5) is 2.42. The predicted molar refractivity (Wildman–Crippen MR) is 76.4 cm³/mol. The first-order chi connectivity index (χ1) is 8.15. The van der Waals surface area contributed by atoms with Gasteiger partial charge in [-0.3, -0.25) is 0 Å². The summed E-state index contributed by atoms with van der Waals surface area (Å²) in [5.74, 6) is 0. The summed E-state index contributed by atoms with van der Waals surface area (Å²) in [5, 5.41) is 0. The van der Waals surface area contributed by atoms with Gasteiger partial charge in [-0.25, -0.2) is 0 Å². The van der Waals surface area contributed by atoms with Crippen LogP contribution in [-0.4, -0.2) is 19.6 Å². The van der Waals surface area contributed by atoms with Gasteiger partial charge in [0.2, 0.25) is 0 Å². The lowest BCUT2D eigenvalue weighted by molar-refractivity contribution is 0.308. The minimum Gasteiger partial charge on any atom is -0.371 e. The van der Waals surface area contributed by atoms with Crippen LogP contribution >= 0.6 is 0 Å². The smallest absolute Gasteiger partial charge is 0.0366 e. The van der Waals surface area contributed by atoms with Gasteiger partial charge in [0, 0.05) is 18.8 Å². The second-order valence-electron chi connectivity index (χ2n) is 5.11. The van der Waals surface area contributed by atoms with E-state index in [1.165, 1.54) is 18.5 Å². The lowest BCUT2D eigenvalue weighted by atomic mass is 9.85. The number of anilines is 1. The normalized spacial score (nSPS) is 14.4. The third kappa shape index (κ3) is 4.04. The molecule has 0 spiro atoms. The average Bonchev–Trinajstić information content (AvgIpc) is 2.37. The Morgan fingerprint density at radius 1 is 1.18 bits per heavy atom. The summed E-state index contributed by atoms with van der Waals surface area (Å²) in [6.45, 7) is 9.55. The zero-order chi connectivity index (χ0) is 12.7. The van der Waals surface area contributed by atoms with Crippen LogP contribution in [0.15, 0.2) is 30.3 Å². The fraction of sp³-hybridized carbons (Fsp3) is 0.600. The van der Waals surface area contributed by atoms with E-state index in [9.17, 15) is 0 Å². The molecule has 0 amide bonds. The molecule has 0 aliphatic carbocycles. The van der Waals surface area contributed by atoms with Crippen molar-refractivity contribution in [1.29, 1.82) is 0 Å². The minimum atomic E-state index is 0.223. The monoisotopic (exact) mass is 234 g/mol. The zero-order valence-electron chi connectivity index (χ0n) is 11.4. The van der Waals surface area contributed by atoms with Crippen molar-refractivity contribution in [3.05, 3.63) is 30.3 Å². The Hall–Kier alpha value is -1.02. The molecule has 0 radical (unpaired) electrons. The summed E-state index contributed by atoms with van der Waals surface area (Å²) in [6, 6.07) is 10.6. The first-order valence-electron chi connectivity index (χ1n) is 6.65. The highest BCUT2D eigenvalue weighted by Crippen LogP contribution is 2.26. The fourth-order valence-electron chi connectivity index (χ4n) is 2.33. The van der Waals surface area contributed by atoms with Gasteiger partial charge < -0.3 is 10.6 Å². The van der Waals surface area contributed by atoms with Gasteiger partial charge in [0.15, 0.2) is 0 Å². The van der Waals surface area contributed by atoms with Crippen LogP contribution in [0.4, 0.5) is 5.69 Å². The first-order valence-corrected chi connectivity index (χ1v) is 6.65. The van der Waals surface area contributed by atoms with Crippen LogP contribution < -0.4 is 10.6 Å². The average molecular weight is 234 g/mol. The molecule has 0 saturated heterocycles. The molecular formula is C15H26N2. The van der Waals surface area contributed by atoms with Gasteiger partial charge in [0.1, 0.15) is 0 Å². The summed E-state index contributed by atoms with van der Waals surface area (Å²) in [5.41, 5.74) is 7.47. The molecule has 1 atom stereocenters.